The van der Waals surface area contributed by atoms with E-state index in [0.29, 0.717) is 22.5 Å². The molecule has 2 aliphatic heterocycles. The van der Waals surface area contributed by atoms with Crippen LogP contribution in [-0.2, 0) is 16.6 Å². The fourth-order valence-electron chi connectivity index (χ4n) is 7.38. The summed E-state index contributed by atoms with van der Waals surface area (Å²) in [4.78, 5) is 23.0. The number of carboxylic acid groups (broad SMARTS) is 1. The summed E-state index contributed by atoms with van der Waals surface area (Å²) in [5, 5.41) is 18.2. The minimum absolute atomic E-state index is 0.423. The molecule has 4 heterocycles. The molecule has 1 N–H and O–H groups in total. The van der Waals surface area contributed by atoms with Gasteiger partial charge in [0.25, 0.3) is 0 Å². The maximum atomic E-state index is 12.7. The monoisotopic (exact) mass is 685 g/mol. The fourth-order valence-corrected chi connectivity index (χ4v) is 8.62. The van der Waals surface area contributed by atoms with Crippen molar-refractivity contribution in [3.8, 4) is 21.7 Å². The van der Waals surface area contributed by atoms with E-state index in [1.54, 1.807) is 11.3 Å². The van der Waals surface area contributed by atoms with Crippen molar-refractivity contribution >= 4 is 50.0 Å². The molecule has 7 rings (SSSR count). The summed E-state index contributed by atoms with van der Waals surface area (Å²) < 4.78 is 9.13. The lowest BCUT2D eigenvalue weighted by atomic mass is 9.90. The van der Waals surface area contributed by atoms with Crippen molar-refractivity contribution in [1.82, 2.24) is 24.6 Å². The third kappa shape index (κ3) is 6.39. The van der Waals surface area contributed by atoms with Gasteiger partial charge in [0.1, 0.15) is 5.01 Å². The van der Waals surface area contributed by atoms with Gasteiger partial charge in [0, 0.05) is 52.7 Å². The Labute approximate surface area is 291 Å². The number of rotatable bonds is 8. The van der Waals surface area contributed by atoms with Crippen LogP contribution in [0.1, 0.15) is 68.9 Å². The molecule has 0 bridgehead atoms. The van der Waals surface area contributed by atoms with E-state index in [2.05, 4.69) is 35.0 Å². The highest BCUT2D eigenvalue weighted by atomic mass is 35.5. The Balaban J connectivity index is 1.28. The van der Waals surface area contributed by atoms with Crippen LogP contribution in [0.4, 0.5) is 0 Å². The van der Waals surface area contributed by atoms with Gasteiger partial charge in [-0.05, 0) is 121 Å². The number of hydrogen-bond donors (Lipinski definition) is 1. The lowest BCUT2D eigenvalue weighted by Gasteiger charge is -2.42. The van der Waals surface area contributed by atoms with Gasteiger partial charge in [-0.1, -0.05) is 23.7 Å². The molecule has 5 aromatic rings. The predicted octanol–water partition coefficient (Wildman–Crippen LogP) is 8.30. The number of likely N-dealkylation sites (N-methyl/N-ethyl adjacent to an activating group) is 1. The minimum Gasteiger partial charge on any atom is -0.479 e. The average Bonchev–Trinajstić information content (AvgIpc) is 3.62. The fraction of sp³-hybridized carbons (Fsp3) is 0.447. The highest BCUT2D eigenvalue weighted by Crippen LogP contribution is 2.45. The summed E-state index contributed by atoms with van der Waals surface area (Å²) in [5.74, 6) is -0.602. The third-order valence-corrected chi connectivity index (χ3v) is 11.4. The Hall–Kier alpha value is -3.34. The maximum Gasteiger partial charge on any atom is 0.337 e. The van der Waals surface area contributed by atoms with Crippen LogP contribution in [0.25, 0.3) is 42.8 Å². The molecule has 0 saturated carbocycles. The van der Waals surface area contributed by atoms with Crippen LogP contribution in [0, 0.1) is 6.92 Å². The molecule has 10 heteroatoms. The van der Waals surface area contributed by atoms with Gasteiger partial charge in [0.2, 0.25) is 0 Å². The van der Waals surface area contributed by atoms with Crippen LogP contribution in [0.5, 0.6) is 0 Å². The number of ether oxygens (including phenoxy) is 1. The number of carboxylic acids is 1. The first kappa shape index (κ1) is 33.2. The standard InChI is InChI=1S/C38H44ClN5O3S/c1-22-19-29-35(32(23-7-10-26(39)11-8-23)31(22)34(37(45)46)47-38(2,3)4)48-36(40-29)25-9-12-30-28(20-25)33(41-43(30)6)24-13-17-44(18-14-24)21-27-15-16-42(27)5/h7-12,19-20,24,27,34H,13-18,21H2,1-6H3,(H,45,46)/t27-,34?/m0/s1. The Morgan fingerprint density at radius 3 is 2.38 bits per heavy atom. The number of hydrogen-bond acceptors (Lipinski definition) is 7. The van der Waals surface area contributed by atoms with E-state index in [9.17, 15) is 9.90 Å². The van der Waals surface area contributed by atoms with E-state index in [0.717, 1.165) is 68.9 Å². The lowest BCUT2D eigenvalue weighted by Crippen LogP contribution is -2.52. The Kier molecular flexibility index (Phi) is 8.87. The van der Waals surface area contributed by atoms with E-state index in [4.69, 9.17) is 26.4 Å². The normalized spacial score (nSPS) is 18.9. The zero-order chi connectivity index (χ0) is 33.9. The zero-order valence-corrected chi connectivity index (χ0v) is 30.2. The predicted molar refractivity (Wildman–Crippen MR) is 195 cm³/mol. The van der Waals surface area contributed by atoms with Gasteiger partial charge < -0.3 is 19.6 Å². The van der Waals surface area contributed by atoms with E-state index in [-0.39, 0.29) is 0 Å². The van der Waals surface area contributed by atoms with Crippen molar-refractivity contribution in [1.29, 1.82) is 0 Å². The van der Waals surface area contributed by atoms with Crippen molar-refractivity contribution in [2.45, 2.75) is 70.6 Å². The van der Waals surface area contributed by atoms with Crippen LogP contribution >= 0.6 is 22.9 Å². The first-order chi connectivity index (χ1) is 22.9. The van der Waals surface area contributed by atoms with Gasteiger partial charge in [-0.3, -0.25) is 4.68 Å². The second-order valence-electron chi connectivity index (χ2n) is 14.5. The second-order valence-corrected chi connectivity index (χ2v) is 16.0. The van der Waals surface area contributed by atoms with Crippen LogP contribution < -0.4 is 0 Å². The van der Waals surface area contributed by atoms with Crippen LogP contribution in [0.15, 0.2) is 48.5 Å². The Morgan fingerprint density at radius 1 is 1.04 bits per heavy atom. The zero-order valence-electron chi connectivity index (χ0n) is 28.6. The van der Waals surface area contributed by atoms with Gasteiger partial charge in [-0.25, -0.2) is 9.78 Å². The number of halogens is 1. The van der Waals surface area contributed by atoms with Gasteiger partial charge in [-0.15, -0.1) is 11.3 Å². The number of nitrogens with zero attached hydrogens (tertiary/aromatic N) is 5. The number of thiazole rings is 1. The summed E-state index contributed by atoms with van der Waals surface area (Å²) in [6, 6.07) is 16.8. The molecule has 2 aliphatic rings. The van der Waals surface area contributed by atoms with Crippen molar-refractivity contribution < 1.29 is 14.6 Å². The number of likely N-dealkylation sites (tertiary alicyclic amines) is 2. The topological polar surface area (TPSA) is 83.7 Å². The molecule has 2 fully saturated rings. The van der Waals surface area contributed by atoms with Gasteiger partial charge >= 0.3 is 5.97 Å². The molecule has 2 saturated heterocycles. The number of aliphatic carboxylic acids is 1. The first-order valence-corrected chi connectivity index (χ1v) is 18.1. The number of aryl methyl sites for hydroxylation is 2. The smallest absolute Gasteiger partial charge is 0.337 e. The average molecular weight is 686 g/mol. The maximum absolute atomic E-state index is 12.7. The molecule has 1 unspecified atom stereocenters. The summed E-state index contributed by atoms with van der Waals surface area (Å²) in [6.07, 6.45) is 2.38. The molecule has 0 aliphatic carbocycles. The molecule has 8 nitrogen and oxygen atoms in total. The Bertz CT molecular complexity index is 1990. The van der Waals surface area contributed by atoms with Gasteiger partial charge in [-0.2, -0.15) is 5.10 Å². The Morgan fingerprint density at radius 2 is 1.75 bits per heavy atom. The summed E-state index contributed by atoms with van der Waals surface area (Å²) in [7, 11) is 4.27. The van der Waals surface area contributed by atoms with Crippen molar-refractivity contribution in [3.63, 3.8) is 0 Å². The summed E-state index contributed by atoms with van der Waals surface area (Å²) >= 11 is 7.88. The van der Waals surface area contributed by atoms with E-state index in [1.165, 1.54) is 30.6 Å². The molecule has 0 spiro atoms. The van der Waals surface area contributed by atoms with E-state index in [1.807, 2.05) is 69.8 Å². The molecule has 2 aromatic heterocycles. The number of benzene rings is 3. The molecular formula is C38H44ClN5O3S. The summed E-state index contributed by atoms with van der Waals surface area (Å²) in [5.41, 5.74) is 6.66. The van der Waals surface area contributed by atoms with Gasteiger partial charge in [0.15, 0.2) is 6.10 Å². The van der Waals surface area contributed by atoms with E-state index >= 15 is 0 Å². The minimum atomic E-state index is -1.15. The van der Waals surface area contributed by atoms with E-state index < -0.39 is 17.7 Å². The second kappa shape index (κ2) is 12.8. The lowest BCUT2D eigenvalue weighted by molar-refractivity contribution is -0.160. The quantitative estimate of drug-likeness (QED) is 0.176. The molecular weight excluding hydrogens is 642 g/mol. The first-order valence-electron chi connectivity index (χ1n) is 16.9. The molecule has 3 aromatic carbocycles. The highest BCUT2D eigenvalue weighted by Gasteiger charge is 2.33. The van der Waals surface area contributed by atoms with Crippen molar-refractivity contribution in [2.75, 3.05) is 33.2 Å². The molecule has 0 radical (unpaired) electrons. The van der Waals surface area contributed by atoms with Crippen LogP contribution in [0.2, 0.25) is 5.02 Å². The number of carbonyl (C=O) groups is 1. The number of fused-ring (bicyclic) bond motifs is 2. The molecule has 48 heavy (non-hydrogen) atoms. The number of aromatic nitrogens is 3. The number of piperidine rings is 1. The van der Waals surface area contributed by atoms with Crippen LogP contribution in [0.3, 0.4) is 0 Å². The third-order valence-electron chi connectivity index (χ3n) is 10.0. The molecule has 0 amide bonds. The highest BCUT2D eigenvalue weighted by molar-refractivity contribution is 7.22. The SMILES string of the molecule is Cc1cc2nc(-c3ccc4c(c3)c(C3CCN(C[C@@H]5CCN5C)CC3)nn4C)sc2c(-c2ccc(Cl)cc2)c1C(OC(C)(C)C)C(=O)O. The van der Waals surface area contributed by atoms with Crippen molar-refractivity contribution in [3.05, 3.63) is 70.4 Å². The van der Waals surface area contributed by atoms with Crippen molar-refractivity contribution in [2.24, 2.45) is 7.05 Å². The summed E-state index contributed by atoms with van der Waals surface area (Å²) in [6.45, 7) is 12.2. The van der Waals surface area contributed by atoms with Crippen LogP contribution in [-0.4, -0.2) is 80.5 Å². The largest absolute Gasteiger partial charge is 0.479 e. The molecule has 2 atom stereocenters. The van der Waals surface area contributed by atoms with Gasteiger partial charge in [0.05, 0.1) is 27.0 Å². The molecule has 252 valence electrons.